The lowest BCUT2D eigenvalue weighted by molar-refractivity contribution is 0.312. The molecule has 20 heavy (non-hydrogen) atoms. The molecule has 8 heteroatoms. The second-order valence-electron chi connectivity index (χ2n) is 4.32. The van der Waals surface area contributed by atoms with Crippen LogP contribution >= 0.6 is 0 Å². The maximum absolute atomic E-state index is 11.3. The van der Waals surface area contributed by atoms with Crippen LogP contribution < -0.4 is 15.4 Å². The lowest BCUT2D eigenvalue weighted by atomic mass is 10.5. The second-order valence-corrected chi connectivity index (χ2v) is 6.12. The van der Waals surface area contributed by atoms with E-state index in [-0.39, 0.29) is 11.3 Å². The Morgan fingerprint density at radius 3 is 2.40 bits per heavy atom. The Bertz CT molecular complexity index is 444. The summed E-state index contributed by atoms with van der Waals surface area (Å²) in [6.07, 6.45) is 2.66. The Morgan fingerprint density at radius 2 is 1.85 bits per heavy atom. The van der Waals surface area contributed by atoms with E-state index in [2.05, 4.69) is 32.5 Å². The van der Waals surface area contributed by atoms with Gasteiger partial charge in [0.15, 0.2) is 0 Å². The highest BCUT2D eigenvalue weighted by atomic mass is 32.2. The molecule has 2 N–H and O–H groups in total. The van der Waals surface area contributed by atoms with Gasteiger partial charge in [-0.1, -0.05) is 6.92 Å². The van der Waals surface area contributed by atoms with Crippen molar-refractivity contribution in [1.82, 2.24) is 15.0 Å². The van der Waals surface area contributed by atoms with E-state index in [9.17, 15) is 4.21 Å². The standard InChI is InChI=1S/C12H23N5O2S/c1-5-7-13-10-15-11(14-8-9(3)20(4)18)17-12(16-10)19-6-2/h9H,5-8H2,1-4H3,(H2,13,14,15,16,17). The molecule has 2 atom stereocenters. The van der Waals surface area contributed by atoms with Gasteiger partial charge in [0.05, 0.1) is 6.61 Å². The average molecular weight is 301 g/mol. The smallest absolute Gasteiger partial charge is 0.323 e. The van der Waals surface area contributed by atoms with E-state index in [0.29, 0.717) is 25.0 Å². The molecule has 0 saturated heterocycles. The first kappa shape index (κ1) is 16.6. The monoisotopic (exact) mass is 301 g/mol. The zero-order chi connectivity index (χ0) is 15.0. The molecule has 1 aromatic heterocycles. The highest BCUT2D eigenvalue weighted by Crippen LogP contribution is 2.11. The van der Waals surface area contributed by atoms with E-state index in [4.69, 9.17) is 4.74 Å². The van der Waals surface area contributed by atoms with Crippen LogP contribution in [0.3, 0.4) is 0 Å². The summed E-state index contributed by atoms with van der Waals surface area (Å²) >= 11 is 0. The molecule has 1 heterocycles. The lowest BCUT2D eigenvalue weighted by Gasteiger charge is -2.12. The van der Waals surface area contributed by atoms with Crippen molar-refractivity contribution in [2.45, 2.75) is 32.4 Å². The van der Waals surface area contributed by atoms with E-state index in [1.807, 2.05) is 13.8 Å². The Labute approximate surface area is 122 Å². The summed E-state index contributed by atoms with van der Waals surface area (Å²) < 4.78 is 16.6. The van der Waals surface area contributed by atoms with Crippen LogP contribution in [0.15, 0.2) is 0 Å². The normalized spacial score (nSPS) is 13.6. The van der Waals surface area contributed by atoms with Gasteiger partial charge in [0.2, 0.25) is 11.9 Å². The summed E-state index contributed by atoms with van der Waals surface area (Å²) in [7, 11) is -0.883. The van der Waals surface area contributed by atoms with Crippen LogP contribution in [-0.2, 0) is 10.8 Å². The summed E-state index contributed by atoms with van der Waals surface area (Å²) in [6, 6.07) is 0.286. The minimum atomic E-state index is -0.883. The van der Waals surface area contributed by atoms with Crippen LogP contribution in [-0.4, -0.2) is 50.4 Å². The van der Waals surface area contributed by atoms with Gasteiger partial charge in [-0.25, -0.2) is 0 Å². The fraction of sp³-hybridized carbons (Fsp3) is 0.750. The van der Waals surface area contributed by atoms with Gasteiger partial charge in [-0.05, 0) is 20.3 Å². The maximum atomic E-state index is 11.3. The molecular formula is C12H23N5O2S. The van der Waals surface area contributed by atoms with E-state index in [1.165, 1.54) is 0 Å². The summed E-state index contributed by atoms with van der Waals surface area (Å²) in [5.41, 5.74) is 0. The minimum absolute atomic E-state index is 0.0226. The minimum Gasteiger partial charge on any atom is -0.464 e. The molecule has 0 saturated carbocycles. The third-order valence-electron chi connectivity index (χ3n) is 2.54. The molecule has 0 radical (unpaired) electrons. The first-order valence-corrected chi connectivity index (χ1v) is 8.37. The van der Waals surface area contributed by atoms with Gasteiger partial charge in [0, 0.05) is 35.4 Å². The van der Waals surface area contributed by atoms with Crippen LogP contribution in [0.2, 0.25) is 0 Å². The second kappa shape index (κ2) is 8.68. The predicted octanol–water partition coefficient (Wildman–Crippen LogP) is 1.27. The number of nitrogens with one attached hydrogen (secondary N) is 2. The summed E-state index contributed by atoms with van der Waals surface area (Å²) in [6.45, 7) is 7.65. The number of anilines is 2. The molecule has 0 aliphatic heterocycles. The third-order valence-corrected chi connectivity index (χ3v) is 3.84. The van der Waals surface area contributed by atoms with Gasteiger partial charge in [-0.15, -0.1) is 0 Å². The Morgan fingerprint density at radius 1 is 1.20 bits per heavy atom. The molecule has 0 spiro atoms. The summed E-state index contributed by atoms with van der Waals surface area (Å²) in [5.74, 6) is 0.914. The molecule has 2 unspecified atom stereocenters. The Hall–Kier alpha value is -1.44. The van der Waals surface area contributed by atoms with Gasteiger partial charge in [0.25, 0.3) is 0 Å². The SMILES string of the molecule is CCCNc1nc(NCC(C)S(C)=O)nc(OCC)n1. The van der Waals surface area contributed by atoms with E-state index < -0.39 is 10.8 Å². The highest BCUT2D eigenvalue weighted by molar-refractivity contribution is 7.84. The van der Waals surface area contributed by atoms with Gasteiger partial charge >= 0.3 is 6.01 Å². The Balaban J connectivity index is 2.76. The van der Waals surface area contributed by atoms with Gasteiger partial charge < -0.3 is 15.4 Å². The molecular weight excluding hydrogens is 278 g/mol. The van der Waals surface area contributed by atoms with Crippen LogP contribution in [0.5, 0.6) is 6.01 Å². The Kier molecular flexibility index (Phi) is 7.21. The summed E-state index contributed by atoms with van der Waals surface area (Å²) in [4.78, 5) is 12.6. The van der Waals surface area contributed by atoms with E-state index in [0.717, 1.165) is 13.0 Å². The molecule has 0 aromatic carbocycles. The zero-order valence-corrected chi connectivity index (χ0v) is 13.3. The molecule has 1 aromatic rings. The first-order chi connectivity index (χ1) is 9.56. The van der Waals surface area contributed by atoms with Crippen molar-refractivity contribution >= 4 is 22.7 Å². The van der Waals surface area contributed by atoms with Gasteiger partial charge in [-0.2, -0.15) is 15.0 Å². The fourth-order valence-corrected chi connectivity index (χ4v) is 1.62. The predicted molar refractivity (Wildman–Crippen MR) is 81.8 cm³/mol. The molecule has 0 bridgehead atoms. The third kappa shape index (κ3) is 5.68. The van der Waals surface area contributed by atoms with Crippen molar-refractivity contribution in [1.29, 1.82) is 0 Å². The van der Waals surface area contributed by atoms with Crippen molar-refractivity contribution in [2.24, 2.45) is 0 Å². The van der Waals surface area contributed by atoms with Gasteiger partial charge in [0.1, 0.15) is 0 Å². The van der Waals surface area contributed by atoms with Crippen molar-refractivity contribution in [3.8, 4) is 6.01 Å². The average Bonchev–Trinajstić information content (AvgIpc) is 2.42. The molecule has 114 valence electrons. The van der Waals surface area contributed by atoms with Crippen LogP contribution in [0.1, 0.15) is 27.2 Å². The van der Waals surface area contributed by atoms with E-state index >= 15 is 0 Å². The van der Waals surface area contributed by atoms with Crippen molar-refractivity contribution in [2.75, 3.05) is 36.6 Å². The van der Waals surface area contributed by atoms with Gasteiger partial charge in [-0.3, -0.25) is 4.21 Å². The zero-order valence-electron chi connectivity index (χ0n) is 12.5. The first-order valence-electron chi connectivity index (χ1n) is 6.75. The number of ether oxygens (including phenoxy) is 1. The molecule has 0 fully saturated rings. The number of hydrogen-bond acceptors (Lipinski definition) is 7. The number of nitrogens with zero attached hydrogens (tertiary/aromatic N) is 3. The molecule has 7 nitrogen and oxygen atoms in total. The number of rotatable bonds is 9. The van der Waals surface area contributed by atoms with Crippen molar-refractivity contribution in [3.05, 3.63) is 0 Å². The van der Waals surface area contributed by atoms with E-state index in [1.54, 1.807) is 6.26 Å². The van der Waals surface area contributed by atoms with Crippen molar-refractivity contribution < 1.29 is 8.95 Å². The molecule has 1 rings (SSSR count). The number of hydrogen-bond donors (Lipinski definition) is 2. The largest absolute Gasteiger partial charge is 0.464 e. The quantitative estimate of drug-likeness (QED) is 0.710. The highest BCUT2D eigenvalue weighted by Gasteiger charge is 2.10. The number of aromatic nitrogens is 3. The van der Waals surface area contributed by atoms with Crippen LogP contribution in [0, 0.1) is 0 Å². The molecule has 0 amide bonds. The van der Waals surface area contributed by atoms with Crippen LogP contribution in [0.4, 0.5) is 11.9 Å². The topological polar surface area (TPSA) is 89.0 Å². The maximum Gasteiger partial charge on any atom is 0.323 e. The molecule has 0 aliphatic carbocycles. The molecule has 0 aliphatic rings. The van der Waals surface area contributed by atoms with Crippen molar-refractivity contribution in [3.63, 3.8) is 0 Å². The summed E-state index contributed by atoms with van der Waals surface area (Å²) in [5, 5.41) is 6.19. The lowest BCUT2D eigenvalue weighted by Crippen LogP contribution is -2.22. The fourth-order valence-electron chi connectivity index (χ4n) is 1.30. The van der Waals surface area contributed by atoms with Crippen LogP contribution in [0.25, 0.3) is 0 Å².